The van der Waals surface area contributed by atoms with Crippen molar-refractivity contribution in [2.75, 3.05) is 0 Å². The molecule has 4 aromatic rings. The van der Waals surface area contributed by atoms with E-state index < -0.39 is 5.91 Å². The van der Waals surface area contributed by atoms with Gasteiger partial charge in [0.05, 0.1) is 15.7 Å². The molecule has 0 saturated carbocycles. The number of halogens is 2. The monoisotopic (exact) mass is 482 g/mol. The van der Waals surface area contributed by atoms with Crippen molar-refractivity contribution < 1.29 is 13.9 Å². The Hall–Kier alpha value is -3.09. The molecule has 0 aliphatic rings. The lowest BCUT2D eigenvalue weighted by Gasteiger charge is -2.11. The molecule has 1 aromatic heterocycles. The third-order valence-corrected chi connectivity index (χ3v) is 5.15. The van der Waals surface area contributed by atoms with Crippen LogP contribution in [0.2, 0.25) is 5.02 Å². The van der Waals surface area contributed by atoms with Gasteiger partial charge in [-0.05, 0) is 51.3 Å². The molecule has 0 atom stereocenters. The second kappa shape index (κ2) is 9.15. The van der Waals surface area contributed by atoms with Crippen molar-refractivity contribution in [1.82, 2.24) is 5.43 Å². The van der Waals surface area contributed by atoms with Crippen LogP contribution in [0.1, 0.15) is 21.7 Å². The van der Waals surface area contributed by atoms with Crippen LogP contribution in [0.5, 0.6) is 5.75 Å². The summed E-state index contributed by atoms with van der Waals surface area (Å²) in [5, 5.41) is 5.28. The summed E-state index contributed by atoms with van der Waals surface area (Å²) in [6.07, 6.45) is 1.50. The van der Waals surface area contributed by atoms with E-state index in [2.05, 4.69) is 26.5 Å². The minimum absolute atomic E-state index is 0.192. The van der Waals surface area contributed by atoms with Gasteiger partial charge in [0.1, 0.15) is 12.2 Å². The van der Waals surface area contributed by atoms with E-state index in [0.717, 1.165) is 10.9 Å². The first kappa shape index (κ1) is 20.2. The summed E-state index contributed by atoms with van der Waals surface area (Å²) < 4.78 is 12.0. The first-order valence-electron chi connectivity index (χ1n) is 9.08. The third-order valence-electron chi connectivity index (χ3n) is 4.28. The van der Waals surface area contributed by atoms with Crippen LogP contribution in [0.3, 0.4) is 0 Å². The molecule has 1 N–H and O–H groups in total. The minimum atomic E-state index is -0.435. The molecule has 7 heteroatoms. The molecular weight excluding hydrogens is 468 g/mol. The van der Waals surface area contributed by atoms with Gasteiger partial charge in [0.2, 0.25) is 0 Å². The lowest BCUT2D eigenvalue weighted by atomic mass is 10.2. The Bertz CT molecular complexity index is 1170. The van der Waals surface area contributed by atoms with E-state index in [0.29, 0.717) is 33.0 Å². The molecule has 0 aliphatic heterocycles. The third kappa shape index (κ3) is 4.72. The summed E-state index contributed by atoms with van der Waals surface area (Å²) >= 11 is 9.84. The second-order valence-corrected chi connectivity index (χ2v) is 7.70. The molecule has 0 fully saturated rings. The average molecular weight is 484 g/mol. The number of benzene rings is 3. The van der Waals surface area contributed by atoms with Crippen LogP contribution >= 0.6 is 27.5 Å². The topological polar surface area (TPSA) is 63.8 Å². The van der Waals surface area contributed by atoms with Crippen molar-refractivity contribution >= 4 is 50.6 Å². The van der Waals surface area contributed by atoms with E-state index in [1.807, 2.05) is 54.6 Å². The van der Waals surface area contributed by atoms with E-state index in [4.69, 9.17) is 20.8 Å². The number of rotatable bonds is 6. The van der Waals surface area contributed by atoms with Gasteiger partial charge < -0.3 is 9.15 Å². The number of carbonyl (C=O) groups excluding carboxylic acids is 1. The van der Waals surface area contributed by atoms with E-state index in [1.165, 1.54) is 6.21 Å². The Morgan fingerprint density at radius 1 is 1.10 bits per heavy atom. The smallest absolute Gasteiger partial charge is 0.307 e. The second-order valence-electron chi connectivity index (χ2n) is 6.44. The van der Waals surface area contributed by atoms with Crippen LogP contribution in [0, 0.1) is 0 Å². The van der Waals surface area contributed by atoms with Gasteiger partial charge in [-0.15, -0.1) is 0 Å². The summed E-state index contributed by atoms with van der Waals surface area (Å²) in [4.78, 5) is 12.2. The van der Waals surface area contributed by atoms with Crippen molar-refractivity contribution in [3.05, 3.63) is 99.2 Å². The molecule has 0 saturated heterocycles. The molecule has 150 valence electrons. The number of fused-ring (bicyclic) bond motifs is 1. The van der Waals surface area contributed by atoms with Crippen LogP contribution in [-0.2, 0) is 6.61 Å². The summed E-state index contributed by atoms with van der Waals surface area (Å²) in [6, 6.07) is 22.4. The zero-order valence-electron chi connectivity index (χ0n) is 15.6. The fourth-order valence-electron chi connectivity index (χ4n) is 2.84. The lowest BCUT2D eigenvalue weighted by Crippen LogP contribution is -2.16. The van der Waals surface area contributed by atoms with Crippen LogP contribution in [0.15, 0.2) is 86.8 Å². The number of nitrogens with one attached hydrogen (secondary N) is 1. The van der Waals surface area contributed by atoms with Gasteiger partial charge in [-0.3, -0.25) is 4.79 Å². The molecule has 0 spiro atoms. The number of para-hydroxylation sites is 1. The van der Waals surface area contributed by atoms with Crippen LogP contribution < -0.4 is 10.2 Å². The van der Waals surface area contributed by atoms with Crippen LogP contribution in [-0.4, -0.2) is 12.1 Å². The number of hydrogen-bond donors (Lipinski definition) is 1. The van der Waals surface area contributed by atoms with Crippen molar-refractivity contribution in [1.29, 1.82) is 0 Å². The molecule has 0 unspecified atom stereocenters. The number of carbonyl (C=O) groups is 1. The molecule has 0 bridgehead atoms. The van der Waals surface area contributed by atoms with Gasteiger partial charge >= 0.3 is 5.91 Å². The van der Waals surface area contributed by atoms with Gasteiger partial charge in [0.25, 0.3) is 0 Å². The fourth-order valence-corrected chi connectivity index (χ4v) is 3.82. The Morgan fingerprint density at radius 2 is 1.87 bits per heavy atom. The zero-order chi connectivity index (χ0) is 20.9. The van der Waals surface area contributed by atoms with Crippen molar-refractivity contribution in [2.24, 2.45) is 5.10 Å². The normalized spacial score (nSPS) is 11.1. The van der Waals surface area contributed by atoms with Gasteiger partial charge in [0, 0.05) is 5.39 Å². The predicted octanol–water partition coefficient (Wildman–Crippen LogP) is 6.19. The van der Waals surface area contributed by atoms with Gasteiger partial charge in [-0.25, -0.2) is 5.43 Å². The lowest BCUT2D eigenvalue weighted by molar-refractivity contribution is 0.0929. The first-order chi connectivity index (χ1) is 14.6. The Morgan fingerprint density at radius 3 is 2.63 bits per heavy atom. The fraction of sp³-hybridized carbons (Fsp3) is 0.0435. The minimum Gasteiger partial charge on any atom is -0.486 e. The SMILES string of the molecule is O=C(N/N=C/c1cc(Cl)c(OCc2ccccc2)c(Br)c1)c1cc2ccccc2o1. The van der Waals surface area contributed by atoms with Crippen molar-refractivity contribution in [3.8, 4) is 5.75 Å². The molecule has 1 heterocycles. The zero-order valence-corrected chi connectivity index (χ0v) is 18.0. The van der Waals surface area contributed by atoms with E-state index in [-0.39, 0.29) is 5.76 Å². The summed E-state index contributed by atoms with van der Waals surface area (Å²) in [5.41, 5.74) is 4.84. The van der Waals surface area contributed by atoms with Crippen molar-refractivity contribution in [3.63, 3.8) is 0 Å². The summed E-state index contributed by atoms with van der Waals surface area (Å²) in [7, 11) is 0. The Balaban J connectivity index is 1.41. The number of hydrogen-bond acceptors (Lipinski definition) is 4. The summed E-state index contributed by atoms with van der Waals surface area (Å²) in [5.74, 6) is 0.302. The molecule has 4 rings (SSSR count). The van der Waals surface area contributed by atoms with Crippen LogP contribution in [0.25, 0.3) is 11.0 Å². The number of ether oxygens (including phenoxy) is 1. The maximum Gasteiger partial charge on any atom is 0.307 e. The molecule has 5 nitrogen and oxygen atoms in total. The van der Waals surface area contributed by atoms with Crippen LogP contribution in [0.4, 0.5) is 0 Å². The number of nitrogens with zero attached hydrogens (tertiary/aromatic N) is 1. The number of hydrazone groups is 1. The number of furan rings is 1. The molecule has 3 aromatic carbocycles. The Labute approximate surface area is 186 Å². The quantitative estimate of drug-likeness (QED) is 0.263. The predicted molar refractivity (Wildman–Crippen MR) is 121 cm³/mol. The highest BCUT2D eigenvalue weighted by Gasteiger charge is 2.12. The van der Waals surface area contributed by atoms with Gasteiger partial charge in [-0.1, -0.05) is 60.1 Å². The van der Waals surface area contributed by atoms with E-state index in [1.54, 1.807) is 18.2 Å². The average Bonchev–Trinajstić information content (AvgIpc) is 3.18. The van der Waals surface area contributed by atoms with Gasteiger partial charge in [-0.2, -0.15) is 5.10 Å². The van der Waals surface area contributed by atoms with E-state index >= 15 is 0 Å². The Kier molecular flexibility index (Phi) is 6.16. The maximum atomic E-state index is 12.2. The van der Waals surface area contributed by atoms with E-state index in [9.17, 15) is 4.79 Å². The molecule has 0 aliphatic carbocycles. The highest BCUT2D eigenvalue weighted by atomic mass is 79.9. The first-order valence-corrected chi connectivity index (χ1v) is 10.2. The maximum absolute atomic E-state index is 12.2. The molecule has 1 amide bonds. The number of amides is 1. The molecular formula is C23H16BrClN2O3. The highest BCUT2D eigenvalue weighted by Crippen LogP contribution is 2.34. The highest BCUT2D eigenvalue weighted by molar-refractivity contribution is 9.10. The van der Waals surface area contributed by atoms with Gasteiger partial charge in [0.15, 0.2) is 11.5 Å². The summed E-state index contributed by atoms with van der Waals surface area (Å²) in [6.45, 7) is 0.403. The standard InChI is InChI=1S/C23H16BrClN2O3/c24-18-10-16(11-19(25)22(18)29-14-15-6-2-1-3-7-15)13-26-27-23(28)21-12-17-8-4-5-9-20(17)30-21/h1-13H,14H2,(H,27,28)/b26-13+. The largest absolute Gasteiger partial charge is 0.486 e. The molecule has 0 radical (unpaired) electrons. The molecule has 30 heavy (non-hydrogen) atoms. The van der Waals surface area contributed by atoms with Crippen molar-refractivity contribution in [2.45, 2.75) is 6.61 Å².